The van der Waals surface area contributed by atoms with E-state index in [4.69, 9.17) is 14.6 Å². The van der Waals surface area contributed by atoms with Crippen LogP contribution in [-0.4, -0.2) is 25.3 Å². The van der Waals surface area contributed by atoms with E-state index in [-0.39, 0.29) is 5.92 Å². The number of aliphatic carboxylic acids is 1. The molecule has 18 heavy (non-hydrogen) atoms. The Kier molecular flexibility index (Phi) is 5.01. The molecule has 0 aliphatic rings. The van der Waals surface area contributed by atoms with Crippen LogP contribution in [0.1, 0.15) is 24.5 Å². The molecule has 0 bridgehead atoms. The SMILES string of the molecule is CCC(Cc1cc(OC)c(OC)cc1C)C(=O)O. The lowest BCUT2D eigenvalue weighted by Gasteiger charge is -2.15. The van der Waals surface area contributed by atoms with Gasteiger partial charge in [-0.05, 0) is 43.0 Å². The minimum absolute atomic E-state index is 0.359. The molecule has 1 aromatic carbocycles. The van der Waals surface area contributed by atoms with Crippen LogP contribution in [0.5, 0.6) is 11.5 Å². The van der Waals surface area contributed by atoms with Gasteiger partial charge in [0, 0.05) is 0 Å². The monoisotopic (exact) mass is 252 g/mol. The summed E-state index contributed by atoms with van der Waals surface area (Å²) >= 11 is 0. The molecule has 0 spiro atoms. The van der Waals surface area contributed by atoms with Gasteiger partial charge in [0.25, 0.3) is 0 Å². The van der Waals surface area contributed by atoms with Crippen LogP contribution in [-0.2, 0) is 11.2 Å². The van der Waals surface area contributed by atoms with E-state index in [1.54, 1.807) is 14.2 Å². The summed E-state index contributed by atoms with van der Waals surface area (Å²) in [4.78, 5) is 11.1. The molecular weight excluding hydrogens is 232 g/mol. The van der Waals surface area contributed by atoms with Crippen LogP contribution in [0.25, 0.3) is 0 Å². The van der Waals surface area contributed by atoms with Crippen molar-refractivity contribution < 1.29 is 19.4 Å². The lowest BCUT2D eigenvalue weighted by Crippen LogP contribution is -2.16. The topological polar surface area (TPSA) is 55.8 Å². The minimum atomic E-state index is -0.758. The molecule has 0 aromatic heterocycles. The van der Waals surface area contributed by atoms with E-state index in [0.29, 0.717) is 24.3 Å². The number of aryl methyl sites for hydroxylation is 1. The molecular formula is C14H20O4. The lowest BCUT2D eigenvalue weighted by molar-refractivity contribution is -0.141. The van der Waals surface area contributed by atoms with Crippen molar-refractivity contribution in [3.8, 4) is 11.5 Å². The van der Waals surface area contributed by atoms with Crippen LogP contribution in [0, 0.1) is 12.8 Å². The molecule has 1 atom stereocenters. The molecule has 0 amide bonds. The van der Waals surface area contributed by atoms with Gasteiger partial charge in [0.05, 0.1) is 20.1 Å². The maximum Gasteiger partial charge on any atom is 0.306 e. The van der Waals surface area contributed by atoms with Crippen LogP contribution in [0.3, 0.4) is 0 Å². The molecule has 100 valence electrons. The first-order valence-corrected chi connectivity index (χ1v) is 5.97. The Labute approximate surface area is 108 Å². The summed E-state index contributed by atoms with van der Waals surface area (Å²) in [5, 5.41) is 9.10. The predicted molar refractivity (Wildman–Crippen MR) is 69.4 cm³/mol. The fraction of sp³-hybridized carbons (Fsp3) is 0.500. The standard InChI is InChI=1S/C14H20O4/c1-5-10(14(15)16)7-11-8-13(18-4)12(17-3)6-9(11)2/h6,8,10H,5,7H2,1-4H3,(H,15,16). The normalized spacial score (nSPS) is 12.0. The Balaban J connectivity index is 3.05. The van der Waals surface area contributed by atoms with Gasteiger partial charge in [-0.15, -0.1) is 0 Å². The molecule has 0 heterocycles. The van der Waals surface area contributed by atoms with Gasteiger partial charge in [-0.25, -0.2) is 0 Å². The van der Waals surface area contributed by atoms with Crippen molar-refractivity contribution in [2.45, 2.75) is 26.7 Å². The second kappa shape index (κ2) is 6.28. The first-order valence-electron chi connectivity index (χ1n) is 5.97. The second-order valence-corrected chi connectivity index (χ2v) is 4.28. The van der Waals surface area contributed by atoms with Crippen LogP contribution in [0.4, 0.5) is 0 Å². The average molecular weight is 252 g/mol. The molecule has 0 fully saturated rings. The summed E-state index contributed by atoms with van der Waals surface area (Å²) in [6.07, 6.45) is 1.13. The molecule has 4 heteroatoms. The van der Waals surface area contributed by atoms with E-state index in [2.05, 4.69) is 0 Å². The first kappa shape index (κ1) is 14.4. The van der Waals surface area contributed by atoms with Gasteiger partial charge in [0.1, 0.15) is 0 Å². The molecule has 1 aromatic rings. The zero-order valence-electron chi connectivity index (χ0n) is 11.3. The summed E-state index contributed by atoms with van der Waals surface area (Å²) in [6.45, 7) is 3.83. The Hall–Kier alpha value is -1.71. The van der Waals surface area contributed by atoms with Crippen LogP contribution >= 0.6 is 0 Å². The molecule has 0 radical (unpaired) electrons. The third-order valence-corrected chi connectivity index (χ3v) is 3.15. The summed E-state index contributed by atoms with van der Waals surface area (Å²) < 4.78 is 10.4. The highest BCUT2D eigenvalue weighted by Crippen LogP contribution is 2.31. The third-order valence-electron chi connectivity index (χ3n) is 3.15. The number of methoxy groups -OCH3 is 2. The van der Waals surface area contributed by atoms with Crippen LogP contribution < -0.4 is 9.47 Å². The summed E-state index contributed by atoms with van der Waals surface area (Å²) in [5.74, 6) is 0.189. The number of rotatable bonds is 6. The van der Waals surface area contributed by atoms with E-state index in [0.717, 1.165) is 11.1 Å². The smallest absolute Gasteiger partial charge is 0.306 e. The van der Waals surface area contributed by atoms with E-state index < -0.39 is 5.97 Å². The molecule has 1 N–H and O–H groups in total. The van der Waals surface area contributed by atoms with Crippen molar-refractivity contribution in [1.82, 2.24) is 0 Å². The molecule has 1 unspecified atom stereocenters. The first-order chi connectivity index (χ1) is 8.53. The van der Waals surface area contributed by atoms with E-state index >= 15 is 0 Å². The molecule has 0 aliphatic heterocycles. The molecule has 0 aliphatic carbocycles. The molecule has 0 saturated carbocycles. The number of hydrogen-bond donors (Lipinski definition) is 1. The van der Waals surface area contributed by atoms with E-state index in [1.165, 1.54) is 0 Å². The lowest BCUT2D eigenvalue weighted by atomic mass is 9.94. The minimum Gasteiger partial charge on any atom is -0.493 e. The zero-order chi connectivity index (χ0) is 13.7. The highest BCUT2D eigenvalue weighted by Gasteiger charge is 2.18. The number of carboxylic acid groups (broad SMARTS) is 1. The second-order valence-electron chi connectivity index (χ2n) is 4.28. The van der Waals surface area contributed by atoms with Gasteiger partial charge >= 0.3 is 5.97 Å². The third kappa shape index (κ3) is 3.15. The van der Waals surface area contributed by atoms with Gasteiger partial charge in [0.15, 0.2) is 11.5 Å². The highest BCUT2D eigenvalue weighted by atomic mass is 16.5. The van der Waals surface area contributed by atoms with Crippen molar-refractivity contribution in [1.29, 1.82) is 0 Å². The summed E-state index contributed by atoms with van der Waals surface area (Å²) in [7, 11) is 3.16. The van der Waals surface area contributed by atoms with Gasteiger partial charge < -0.3 is 14.6 Å². The highest BCUT2D eigenvalue weighted by molar-refractivity contribution is 5.70. The maximum atomic E-state index is 11.1. The fourth-order valence-electron chi connectivity index (χ4n) is 1.91. The van der Waals surface area contributed by atoms with Crippen molar-refractivity contribution >= 4 is 5.97 Å². The Morgan fingerprint density at radius 1 is 1.28 bits per heavy atom. The fourth-order valence-corrected chi connectivity index (χ4v) is 1.91. The Morgan fingerprint density at radius 2 is 1.83 bits per heavy atom. The molecule has 4 nitrogen and oxygen atoms in total. The van der Waals surface area contributed by atoms with Gasteiger partial charge in [-0.2, -0.15) is 0 Å². The Bertz CT molecular complexity index is 426. The predicted octanol–water partition coefficient (Wildman–Crippen LogP) is 2.67. The number of ether oxygens (including phenoxy) is 2. The van der Waals surface area contributed by atoms with Gasteiger partial charge in [0.2, 0.25) is 0 Å². The van der Waals surface area contributed by atoms with Crippen molar-refractivity contribution in [2.75, 3.05) is 14.2 Å². The van der Waals surface area contributed by atoms with Crippen molar-refractivity contribution in [3.63, 3.8) is 0 Å². The average Bonchev–Trinajstić information content (AvgIpc) is 2.36. The number of carbonyl (C=O) groups is 1. The quantitative estimate of drug-likeness (QED) is 0.845. The molecule has 1 rings (SSSR count). The van der Waals surface area contributed by atoms with E-state index in [1.807, 2.05) is 26.0 Å². The largest absolute Gasteiger partial charge is 0.493 e. The van der Waals surface area contributed by atoms with Crippen molar-refractivity contribution in [3.05, 3.63) is 23.3 Å². The molecule has 0 saturated heterocycles. The zero-order valence-corrected chi connectivity index (χ0v) is 11.3. The van der Waals surface area contributed by atoms with Gasteiger partial charge in [-0.1, -0.05) is 6.92 Å². The van der Waals surface area contributed by atoms with Gasteiger partial charge in [-0.3, -0.25) is 4.79 Å². The van der Waals surface area contributed by atoms with E-state index in [9.17, 15) is 4.79 Å². The number of hydrogen-bond acceptors (Lipinski definition) is 3. The summed E-state index contributed by atoms with van der Waals surface area (Å²) in [6, 6.07) is 3.74. The number of carboxylic acids is 1. The van der Waals surface area contributed by atoms with Crippen LogP contribution in [0.2, 0.25) is 0 Å². The number of benzene rings is 1. The van der Waals surface area contributed by atoms with Crippen LogP contribution in [0.15, 0.2) is 12.1 Å². The summed E-state index contributed by atoms with van der Waals surface area (Å²) in [5.41, 5.74) is 2.01. The van der Waals surface area contributed by atoms with Crippen molar-refractivity contribution in [2.24, 2.45) is 5.92 Å². The Morgan fingerprint density at radius 3 is 2.28 bits per heavy atom. The maximum absolute atomic E-state index is 11.1.